The minimum absolute atomic E-state index is 0.330. The van der Waals surface area contributed by atoms with Crippen molar-refractivity contribution in [2.75, 3.05) is 6.61 Å². The molecule has 1 atom stereocenters. The summed E-state index contributed by atoms with van der Waals surface area (Å²) in [6.45, 7) is 3.98. The lowest BCUT2D eigenvalue weighted by Crippen LogP contribution is -2.45. The highest BCUT2D eigenvalue weighted by Crippen LogP contribution is 2.27. The first-order valence-corrected chi connectivity index (χ1v) is 7.23. The molecule has 0 saturated carbocycles. The normalized spacial score (nSPS) is 17.8. The van der Waals surface area contributed by atoms with Crippen LogP contribution in [0.5, 0.6) is 0 Å². The number of ether oxygens (including phenoxy) is 1. The first-order chi connectivity index (χ1) is 10.5. The van der Waals surface area contributed by atoms with Gasteiger partial charge in [-0.2, -0.15) is 0 Å². The number of rotatable bonds is 5. The second kappa shape index (κ2) is 7.06. The first kappa shape index (κ1) is 16.0. The van der Waals surface area contributed by atoms with Gasteiger partial charge in [0.15, 0.2) is 0 Å². The number of halogens is 1. The van der Waals surface area contributed by atoms with Crippen LogP contribution in [0.3, 0.4) is 0 Å². The maximum Gasteiger partial charge on any atom is 0.338 e. The first-order valence-electron chi connectivity index (χ1n) is 7.23. The molecule has 1 unspecified atom stereocenters. The third kappa shape index (κ3) is 3.63. The molecule has 0 aromatic heterocycles. The lowest BCUT2D eigenvalue weighted by molar-refractivity contribution is -0.139. The number of hydrogen-bond donors (Lipinski definition) is 2. The predicted molar refractivity (Wildman–Crippen MR) is 79.4 cm³/mol. The van der Waals surface area contributed by atoms with Crippen molar-refractivity contribution in [3.05, 3.63) is 46.9 Å². The Balaban J connectivity index is 2.28. The molecule has 1 aromatic rings. The van der Waals surface area contributed by atoms with Crippen LogP contribution in [-0.2, 0) is 9.53 Å². The summed E-state index contributed by atoms with van der Waals surface area (Å²) in [5.74, 6) is -0.857. The molecule has 0 spiro atoms. The van der Waals surface area contributed by atoms with Gasteiger partial charge in [0.1, 0.15) is 5.82 Å². The van der Waals surface area contributed by atoms with Crippen molar-refractivity contribution in [3.8, 4) is 0 Å². The van der Waals surface area contributed by atoms with Crippen LogP contribution in [0.4, 0.5) is 9.18 Å². The number of carbonyl (C=O) groups excluding carboxylic acids is 2. The summed E-state index contributed by atoms with van der Waals surface area (Å²) in [5, 5.41) is 5.24. The minimum atomic E-state index is -0.650. The van der Waals surface area contributed by atoms with E-state index in [2.05, 4.69) is 10.6 Å². The van der Waals surface area contributed by atoms with Crippen molar-refractivity contribution >= 4 is 12.0 Å². The summed E-state index contributed by atoms with van der Waals surface area (Å²) >= 11 is 0. The zero-order valence-electron chi connectivity index (χ0n) is 12.6. The Morgan fingerprint density at radius 2 is 2.00 bits per heavy atom. The molecule has 1 heterocycles. The second-order valence-electron chi connectivity index (χ2n) is 5.11. The van der Waals surface area contributed by atoms with Crippen molar-refractivity contribution in [1.29, 1.82) is 0 Å². The lowest BCUT2D eigenvalue weighted by Gasteiger charge is -2.28. The van der Waals surface area contributed by atoms with Gasteiger partial charge in [-0.1, -0.05) is 25.5 Å². The van der Waals surface area contributed by atoms with E-state index in [-0.39, 0.29) is 5.82 Å². The fourth-order valence-electron chi connectivity index (χ4n) is 2.26. The van der Waals surface area contributed by atoms with Gasteiger partial charge in [0.25, 0.3) is 0 Å². The molecule has 0 radical (unpaired) electrons. The van der Waals surface area contributed by atoms with Crippen molar-refractivity contribution in [2.24, 2.45) is 0 Å². The van der Waals surface area contributed by atoms with E-state index in [0.29, 0.717) is 23.4 Å². The van der Waals surface area contributed by atoms with Gasteiger partial charge in [0, 0.05) is 5.70 Å². The van der Waals surface area contributed by atoms with E-state index in [1.165, 1.54) is 24.3 Å². The van der Waals surface area contributed by atoms with Crippen LogP contribution in [0.25, 0.3) is 0 Å². The molecule has 0 saturated heterocycles. The molecule has 6 heteroatoms. The summed E-state index contributed by atoms with van der Waals surface area (Å²) in [4.78, 5) is 24.0. The van der Waals surface area contributed by atoms with E-state index in [1.807, 2.05) is 6.92 Å². The summed E-state index contributed by atoms with van der Waals surface area (Å²) in [6, 6.07) is 4.61. The quantitative estimate of drug-likeness (QED) is 0.649. The van der Waals surface area contributed by atoms with Gasteiger partial charge in [-0.3, -0.25) is 0 Å². The summed E-state index contributed by atoms with van der Waals surface area (Å²) in [6.07, 6.45) is 1.70. The van der Waals surface area contributed by atoms with Gasteiger partial charge in [0.2, 0.25) is 0 Å². The number of unbranched alkanes of at least 4 members (excludes halogenated alkanes) is 1. The molecule has 2 rings (SSSR count). The monoisotopic (exact) mass is 306 g/mol. The molecule has 0 fully saturated rings. The number of hydrogen-bond acceptors (Lipinski definition) is 3. The Hall–Kier alpha value is -2.37. The number of amides is 2. The zero-order valence-corrected chi connectivity index (χ0v) is 12.6. The Labute approximate surface area is 128 Å². The van der Waals surface area contributed by atoms with Crippen molar-refractivity contribution < 1.29 is 18.7 Å². The number of benzene rings is 1. The van der Waals surface area contributed by atoms with Gasteiger partial charge < -0.3 is 15.4 Å². The summed E-state index contributed by atoms with van der Waals surface area (Å²) in [7, 11) is 0. The molecule has 1 aliphatic rings. The Morgan fingerprint density at radius 1 is 1.32 bits per heavy atom. The van der Waals surface area contributed by atoms with Crippen LogP contribution in [0.2, 0.25) is 0 Å². The topological polar surface area (TPSA) is 67.4 Å². The lowest BCUT2D eigenvalue weighted by atomic mass is 9.95. The van der Waals surface area contributed by atoms with Crippen molar-refractivity contribution in [3.63, 3.8) is 0 Å². The number of urea groups is 1. The SMILES string of the molecule is CCCCOC(=O)C1=C(C)NC(=O)NC1c1ccc(F)cc1. The van der Waals surface area contributed by atoms with E-state index in [1.54, 1.807) is 6.92 Å². The third-order valence-electron chi connectivity index (χ3n) is 3.42. The molecule has 1 aromatic carbocycles. The fourth-order valence-corrected chi connectivity index (χ4v) is 2.26. The third-order valence-corrected chi connectivity index (χ3v) is 3.42. The van der Waals surface area contributed by atoms with Crippen LogP contribution in [0.15, 0.2) is 35.5 Å². The van der Waals surface area contributed by atoms with Crippen LogP contribution < -0.4 is 10.6 Å². The van der Waals surface area contributed by atoms with Gasteiger partial charge >= 0.3 is 12.0 Å². The van der Waals surface area contributed by atoms with Crippen LogP contribution in [0, 0.1) is 5.82 Å². The van der Waals surface area contributed by atoms with Crippen LogP contribution >= 0.6 is 0 Å². The number of allylic oxidation sites excluding steroid dienone is 1. The molecule has 0 bridgehead atoms. The molecule has 22 heavy (non-hydrogen) atoms. The van der Waals surface area contributed by atoms with Crippen LogP contribution in [-0.4, -0.2) is 18.6 Å². The smallest absolute Gasteiger partial charge is 0.338 e. The average molecular weight is 306 g/mol. The second-order valence-corrected chi connectivity index (χ2v) is 5.11. The minimum Gasteiger partial charge on any atom is -0.462 e. The average Bonchev–Trinajstić information content (AvgIpc) is 2.47. The highest BCUT2D eigenvalue weighted by Gasteiger charge is 2.32. The van der Waals surface area contributed by atoms with Gasteiger partial charge in [0.05, 0.1) is 18.2 Å². The Kier molecular flexibility index (Phi) is 5.14. The molecule has 0 aliphatic carbocycles. The van der Waals surface area contributed by atoms with Gasteiger partial charge in [-0.05, 0) is 31.0 Å². The van der Waals surface area contributed by atoms with Crippen molar-refractivity contribution in [2.45, 2.75) is 32.7 Å². The predicted octanol–water partition coefficient (Wildman–Crippen LogP) is 2.80. The number of esters is 1. The molecular weight excluding hydrogens is 287 g/mol. The van der Waals surface area contributed by atoms with E-state index in [4.69, 9.17) is 4.74 Å². The van der Waals surface area contributed by atoms with E-state index in [0.717, 1.165) is 12.8 Å². The highest BCUT2D eigenvalue weighted by molar-refractivity contribution is 5.95. The van der Waals surface area contributed by atoms with E-state index in [9.17, 15) is 14.0 Å². The van der Waals surface area contributed by atoms with Gasteiger partial charge in [-0.15, -0.1) is 0 Å². The van der Waals surface area contributed by atoms with Crippen LogP contribution in [0.1, 0.15) is 38.3 Å². The molecule has 2 amide bonds. The largest absolute Gasteiger partial charge is 0.462 e. The van der Waals surface area contributed by atoms with E-state index >= 15 is 0 Å². The van der Waals surface area contributed by atoms with E-state index < -0.39 is 18.0 Å². The zero-order chi connectivity index (χ0) is 16.1. The number of nitrogens with one attached hydrogen (secondary N) is 2. The summed E-state index contributed by atoms with van der Waals surface area (Å²) in [5.41, 5.74) is 1.40. The highest BCUT2D eigenvalue weighted by atomic mass is 19.1. The Morgan fingerprint density at radius 3 is 2.64 bits per heavy atom. The Bertz CT molecular complexity index is 596. The summed E-state index contributed by atoms with van der Waals surface area (Å²) < 4.78 is 18.3. The van der Waals surface area contributed by atoms with Crippen molar-refractivity contribution in [1.82, 2.24) is 10.6 Å². The molecular formula is C16H19FN2O3. The van der Waals surface area contributed by atoms with Gasteiger partial charge in [-0.25, -0.2) is 14.0 Å². The molecule has 118 valence electrons. The standard InChI is InChI=1S/C16H19FN2O3/c1-3-4-9-22-15(20)13-10(2)18-16(21)19-14(13)11-5-7-12(17)8-6-11/h5-8,14H,3-4,9H2,1-2H3,(H2,18,19,21). The maximum absolute atomic E-state index is 13.1. The number of carbonyl (C=O) groups is 2. The molecule has 2 N–H and O–H groups in total. The fraction of sp³-hybridized carbons (Fsp3) is 0.375. The maximum atomic E-state index is 13.1. The molecule has 5 nitrogen and oxygen atoms in total. The molecule has 1 aliphatic heterocycles.